The number of aliphatic hydroxyl groups is 7. The molecule has 11 heteroatoms. The van der Waals surface area contributed by atoms with Crippen LogP contribution in [0.2, 0.25) is 0 Å². The van der Waals surface area contributed by atoms with E-state index in [2.05, 4.69) is 31.3 Å². The van der Waals surface area contributed by atoms with Crippen LogP contribution >= 0.6 is 0 Å². The highest BCUT2D eigenvalue weighted by Crippen LogP contribution is 2.23. The van der Waals surface area contributed by atoms with Crippen LogP contribution in [0, 0.1) is 0 Å². The summed E-state index contributed by atoms with van der Waals surface area (Å²) in [5.74, 6) is -0.696. The van der Waals surface area contributed by atoms with Crippen molar-refractivity contribution < 1.29 is 50.0 Å². The van der Waals surface area contributed by atoms with Gasteiger partial charge in [0, 0.05) is 0 Å². The monoisotopic (exact) mass is 914 g/mol. The Labute approximate surface area is 392 Å². The molecule has 1 heterocycles. The van der Waals surface area contributed by atoms with Gasteiger partial charge in [-0.2, -0.15) is 0 Å². The first-order valence-electron chi connectivity index (χ1n) is 27.1. The van der Waals surface area contributed by atoms with E-state index >= 15 is 0 Å². The van der Waals surface area contributed by atoms with Gasteiger partial charge in [0.05, 0.1) is 25.4 Å². The molecule has 11 nitrogen and oxygen atoms in total. The number of ether oxygens (including phenoxy) is 2. The fourth-order valence-electron chi connectivity index (χ4n) is 8.85. The summed E-state index contributed by atoms with van der Waals surface area (Å²) in [6.45, 7) is 3.46. The molecule has 0 aliphatic carbocycles. The van der Waals surface area contributed by atoms with Crippen LogP contribution in [0.5, 0.6) is 0 Å². The molecule has 9 unspecified atom stereocenters. The third kappa shape index (κ3) is 31.8. The summed E-state index contributed by atoms with van der Waals surface area (Å²) in [5.41, 5.74) is 0. The van der Waals surface area contributed by atoms with Crippen molar-refractivity contribution in [2.45, 2.75) is 306 Å². The molecule has 0 bridgehead atoms. The molecule has 0 spiro atoms. The van der Waals surface area contributed by atoms with Crippen LogP contribution in [-0.4, -0.2) is 110 Å². The molecule has 1 aliphatic heterocycles. The lowest BCUT2D eigenvalue weighted by molar-refractivity contribution is -0.303. The maximum atomic E-state index is 13.1. The number of allylic oxidation sites excluding steroid dienone is 2. The van der Waals surface area contributed by atoms with Gasteiger partial charge in [0.25, 0.3) is 0 Å². The van der Waals surface area contributed by atoms with Gasteiger partial charge in [0.2, 0.25) is 5.91 Å². The quantitative estimate of drug-likeness (QED) is 0.0216. The summed E-state index contributed by atoms with van der Waals surface area (Å²) in [6.07, 6.45) is 37.0. The van der Waals surface area contributed by atoms with E-state index in [1.165, 1.54) is 173 Å². The summed E-state index contributed by atoms with van der Waals surface area (Å²) < 4.78 is 11.1. The first kappa shape index (κ1) is 60.9. The van der Waals surface area contributed by atoms with Crippen LogP contribution in [0.4, 0.5) is 0 Å². The summed E-state index contributed by atoms with van der Waals surface area (Å²) in [5, 5.41) is 75.9. The summed E-state index contributed by atoms with van der Waals surface area (Å²) in [7, 11) is 0. The Morgan fingerprint density at radius 2 is 0.906 bits per heavy atom. The predicted octanol–water partition coefficient (Wildman–Crippen LogP) is 10.4. The average Bonchev–Trinajstić information content (AvgIpc) is 3.29. The number of hydrogen-bond acceptors (Lipinski definition) is 10. The summed E-state index contributed by atoms with van der Waals surface area (Å²) >= 11 is 0. The Balaban J connectivity index is 2.29. The number of hydrogen-bond donors (Lipinski definition) is 8. The van der Waals surface area contributed by atoms with E-state index in [1.54, 1.807) is 0 Å². The van der Waals surface area contributed by atoms with Crippen molar-refractivity contribution in [1.29, 1.82) is 0 Å². The summed E-state index contributed by atoms with van der Waals surface area (Å²) in [4.78, 5) is 13.1. The number of rotatable bonds is 46. The second-order valence-electron chi connectivity index (χ2n) is 19.3. The fraction of sp³-hybridized carbons (Fsp3) is 0.943. The van der Waals surface area contributed by atoms with E-state index in [9.17, 15) is 40.5 Å². The third-order valence-corrected chi connectivity index (χ3v) is 13.3. The fourth-order valence-corrected chi connectivity index (χ4v) is 8.85. The highest BCUT2D eigenvalue weighted by atomic mass is 16.7. The lowest BCUT2D eigenvalue weighted by atomic mass is 9.98. The minimum Gasteiger partial charge on any atom is -0.394 e. The second-order valence-corrected chi connectivity index (χ2v) is 19.3. The van der Waals surface area contributed by atoms with Gasteiger partial charge in [-0.15, -0.1) is 0 Å². The van der Waals surface area contributed by atoms with E-state index in [0.717, 1.165) is 38.5 Å². The van der Waals surface area contributed by atoms with Gasteiger partial charge in [-0.05, 0) is 38.5 Å². The Morgan fingerprint density at radius 3 is 1.31 bits per heavy atom. The maximum Gasteiger partial charge on any atom is 0.249 e. The third-order valence-electron chi connectivity index (χ3n) is 13.3. The molecule has 1 rings (SSSR count). The number of unbranched alkanes of at least 4 members (excludes halogenated alkanes) is 32. The van der Waals surface area contributed by atoms with Crippen molar-refractivity contribution >= 4 is 5.91 Å². The van der Waals surface area contributed by atoms with Crippen LogP contribution in [0.1, 0.15) is 251 Å². The van der Waals surface area contributed by atoms with Gasteiger partial charge in [0.1, 0.15) is 36.6 Å². The van der Waals surface area contributed by atoms with Crippen LogP contribution < -0.4 is 5.32 Å². The molecule has 64 heavy (non-hydrogen) atoms. The van der Waals surface area contributed by atoms with Gasteiger partial charge in [-0.3, -0.25) is 4.79 Å². The average molecular weight is 914 g/mol. The normalized spacial score (nSPS) is 21.0. The zero-order valence-corrected chi connectivity index (χ0v) is 41.3. The van der Waals surface area contributed by atoms with Crippen LogP contribution in [0.15, 0.2) is 12.2 Å². The van der Waals surface area contributed by atoms with Gasteiger partial charge in [-0.1, -0.05) is 225 Å². The molecule has 8 N–H and O–H groups in total. The van der Waals surface area contributed by atoms with Crippen molar-refractivity contribution in [1.82, 2.24) is 5.32 Å². The smallest absolute Gasteiger partial charge is 0.249 e. The SMILES string of the molecule is CCCCCCCCCCCCCC/C=C\CCCCCCCCCCCC(O)C(=O)NC(COC1OC(CO)C(O)C(O)C1O)C(O)C(O)CCCCCCCCCCCCCC. The van der Waals surface area contributed by atoms with Gasteiger partial charge >= 0.3 is 0 Å². The topological polar surface area (TPSA) is 189 Å². The van der Waals surface area contributed by atoms with Crippen molar-refractivity contribution in [3.8, 4) is 0 Å². The number of carbonyl (C=O) groups is 1. The highest BCUT2D eigenvalue weighted by molar-refractivity contribution is 5.80. The minimum absolute atomic E-state index is 0.260. The first-order valence-corrected chi connectivity index (χ1v) is 27.1. The molecule has 1 amide bonds. The van der Waals surface area contributed by atoms with E-state index in [1.807, 2.05) is 0 Å². The molecular formula is C53H103NO10. The van der Waals surface area contributed by atoms with Gasteiger partial charge in [-0.25, -0.2) is 0 Å². The Hall–Kier alpha value is -1.15. The number of amides is 1. The predicted molar refractivity (Wildman–Crippen MR) is 261 cm³/mol. The first-order chi connectivity index (χ1) is 31.2. The Morgan fingerprint density at radius 1 is 0.531 bits per heavy atom. The standard InChI is InChI=1S/C53H103NO10/c1-3-5-7-9-11-13-15-17-18-19-20-21-22-23-24-25-26-27-28-29-31-33-35-37-39-41-46(57)52(62)54-44(43-63-53-51(61)50(60)49(59)47(42-55)64-53)48(58)45(56)40-38-36-34-32-30-16-14-12-10-8-6-4-2/h23-24,44-51,53,55-61H,3-22,25-43H2,1-2H3,(H,54,62)/b24-23-. The van der Waals surface area contributed by atoms with Crippen LogP contribution in [0.3, 0.4) is 0 Å². The second kappa shape index (κ2) is 43.2. The molecule has 380 valence electrons. The van der Waals surface area contributed by atoms with E-state index in [4.69, 9.17) is 9.47 Å². The number of carbonyl (C=O) groups excluding carboxylic acids is 1. The van der Waals surface area contributed by atoms with Crippen LogP contribution in [-0.2, 0) is 14.3 Å². The Kier molecular flexibility index (Phi) is 41.0. The van der Waals surface area contributed by atoms with E-state index in [-0.39, 0.29) is 6.42 Å². The zero-order valence-electron chi connectivity index (χ0n) is 41.3. The van der Waals surface area contributed by atoms with Crippen molar-refractivity contribution in [2.24, 2.45) is 0 Å². The molecule has 1 aliphatic rings. The molecule has 9 atom stereocenters. The van der Waals surface area contributed by atoms with Crippen LogP contribution in [0.25, 0.3) is 0 Å². The van der Waals surface area contributed by atoms with E-state index in [0.29, 0.717) is 19.3 Å². The molecule has 0 aromatic rings. The maximum absolute atomic E-state index is 13.1. The van der Waals surface area contributed by atoms with Gasteiger partial charge in [0.15, 0.2) is 6.29 Å². The highest BCUT2D eigenvalue weighted by Gasteiger charge is 2.44. The van der Waals surface area contributed by atoms with E-state index < -0.39 is 74.2 Å². The van der Waals surface area contributed by atoms with Crippen molar-refractivity contribution in [3.05, 3.63) is 12.2 Å². The van der Waals surface area contributed by atoms with Gasteiger partial charge < -0.3 is 50.5 Å². The molecule has 1 saturated heterocycles. The molecule has 0 radical (unpaired) electrons. The molecular weight excluding hydrogens is 811 g/mol. The molecule has 0 aromatic carbocycles. The number of aliphatic hydroxyl groups excluding tert-OH is 7. The molecule has 0 aromatic heterocycles. The Bertz CT molecular complexity index is 1050. The largest absolute Gasteiger partial charge is 0.394 e. The lowest BCUT2D eigenvalue weighted by Gasteiger charge is -2.40. The number of nitrogens with one attached hydrogen (secondary N) is 1. The lowest BCUT2D eigenvalue weighted by Crippen LogP contribution is -2.60. The molecule has 1 fully saturated rings. The molecule has 0 saturated carbocycles. The minimum atomic E-state index is -1.66. The van der Waals surface area contributed by atoms with Crippen molar-refractivity contribution in [2.75, 3.05) is 13.2 Å². The van der Waals surface area contributed by atoms with Crippen molar-refractivity contribution in [3.63, 3.8) is 0 Å². The zero-order chi connectivity index (χ0) is 46.9. The summed E-state index contributed by atoms with van der Waals surface area (Å²) in [6, 6.07) is -1.16.